The molecule has 29 heavy (non-hydrogen) atoms. The van der Waals surface area contributed by atoms with Gasteiger partial charge >= 0.3 is 5.97 Å². The van der Waals surface area contributed by atoms with Crippen LogP contribution in [0.3, 0.4) is 0 Å². The van der Waals surface area contributed by atoms with Gasteiger partial charge in [0.2, 0.25) is 5.91 Å². The number of nitrogens with zero attached hydrogens (tertiary/aromatic N) is 3. The van der Waals surface area contributed by atoms with Crippen LogP contribution in [-0.2, 0) is 4.79 Å². The van der Waals surface area contributed by atoms with Crippen LogP contribution in [0, 0.1) is 5.92 Å². The molecule has 1 unspecified atom stereocenters. The standard InChI is InChI=1S/C21H25N3O5/c1-28-16-8-6-14(7-9-16)18-17(21(26)27)19(22-29-18)24-12-4-5-15(13-24)20(25)23-10-2-3-11-23/h6-9,15H,2-5,10-13H2,1H3,(H,26,27). The van der Waals surface area contributed by atoms with Gasteiger partial charge in [-0.3, -0.25) is 4.79 Å². The molecule has 2 aliphatic rings. The molecule has 0 aliphatic carbocycles. The van der Waals surface area contributed by atoms with E-state index in [-0.39, 0.29) is 23.1 Å². The second-order valence-corrected chi connectivity index (χ2v) is 7.56. The van der Waals surface area contributed by atoms with E-state index in [2.05, 4.69) is 5.16 Å². The van der Waals surface area contributed by atoms with Crippen molar-refractivity contribution in [3.05, 3.63) is 29.8 Å². The lowest BCUT2D eigenvalue weighted by molar-refractivity contribution is -0.134. The summed E-state index contributed by atoms with van der Waals surface area (Å²) in [5, 5.41) is 13.9. The number of carbonyl (C=O) groups is 2. The zero-order valence-corrected chi connectivity index (χ0v) is 16.5. The molecule has 1 aromatic heterocycles. The van der Waals surface area contributed by atoms with Gasteiger partial charge in [0.05, 0.1) is 13.0 Å². The number of aromatic carboxylic acids is 1. The van der Waals surface area contributed by atoms with Crippen LogP contribution < -0.4 is 9.64 Å². The van der Waals surface area contributed by atoms with Gasteiger partial charge in [-0.25, -0.2) is 4.79 Å². The van der Waals surface area contributed by atoms with Gasteiger partial charge < -0.3 is 24.2 Å². The van der Waals surface area contributed by atoms with E-state index in [0.29, 0.717) is 30.2 Å². The van der Waals surface area contributed by atoms with Gasteiger partial charge in [0.1, 0.15) is 5.75 Å². The van der Waals surface area contributed by atoms with Crippen molar-refractivity contribution in [3.8, 4) is 17.1 Å². The molecule has 0 spiro atoms. The molecule has 2 aliphatic heterocycles. The Kier molecular flexibility index (Phi) is 5.42. The van der Waals surface area contributed by atoms with Crippen molar-refractivity contribution in [1.29, 1.82) is 0 Å². The minimum atomic E-state index is -1.10. The van der Waals surface area contributed by atoms with Crippen LogP contribution in [0.2, 0.25) is 0 Å². The largest absolute Gasteiger partial charge is 0.497 e. The number of likely N-dealkylation sites (tertiary alicyclic amines) is 1. The van der Waals surface area contributed by atoms with Gasteiger partial charge in [-0.1, -0.05) is 5.16 Å². The molecule has 8 nitrogen and oxygen atoms in total. The zero-order chi connectivity index (χ0) is 20.4. The maximum absolute atomic E-state index is 12.8. The number of aromatic nitrogens is 1. The summed E-state index contributed by atoms with van der Waals surface area (Å²) in [6, 6.07) is 6.97. The van der Waals surface area contributed by atoms with Crippen molar-refractivity contribution in [3.63, 3.8) is 0 Å². The number of carboxylic acid groups (broad SMARTS) is 1. The van der Waals surface area contributed by atoms with Crippen LogP contribution in [0.1, 0.15) is 36.0 Å². The van der Waals surface area contributed by atoms with E-state index >= 15 is 0 Å². The number of amides is 1. The van der Waals surface area contributed by atoms with E-state index in [1.54, 1.807) is 31.4 Å². The molecule has 1 amide bonds. The average Bonchev–Trinajstić information content (AvgIpc) is 3.43. The molecule has 3 heterocycles. The highest BCUT2D eigenvalue weighted by atomic mass is 16.5. The van der Waals surface area contributed by atoms with Gasteiger partial charge in [-0.15, -0.1) is 0 Å². The highest BCUT2D eigenvalue weighted by molar-refractivity contribution is 5.99. The van der Waals surface area contributed by atoms with Crippen LogP contribution in [0.25, 0.3) is 11.3 Å². The number of hydrogen-bond donors (Lipinski definition) is 1. The smallest absolute Gasteiger partial charge is 0.343 e. The van der Waals surface area contributed by atoms with E-state index in [1.807, 2.05) is 9.80 Å². The zero-order valence-electron chi connectivity index (χ0n) is 16.5. The van der Waals surface area contributed by atoms with Crippen molar-refractivity contribution in [1.82, 2.24) is 10.1 Å². The monoisotopic (exact) mass is 399 g/mol. The number of piperidine rings is 1. The third-order valence-electron chi connectivity index (χ3n) is 5.73. The number of hydrogen-bond acceptors (Lipinski definition) is 6. The first-order valence-corrected chi connectivity index (χ1v) is 9.99. The number of ether oxygens (including phenoxy) is 1. The van der Waals surface area contributed by atoms with E-state index in [9.17, 15) is 14.7 Å². The molecule has 1 aromatic carbocycles. The fourth-order valence-corrected chi connectivity index (χ4v) is 4.20. The molecular formula is C21H25N3O5. The van der Waals surface area contributed by atoms with E-state index in [0.717, 1.165) is 38.8 Å². The first kappa shape index (κ1) is 19.3. The third kappa shape index (κ3) is 3.79. The summed E-state index contributed by atoms with van der Waals surface area (Å²) in [6.45, 7) is 2.76. The van der Waals surface area contributed by atoms with E-state index in [1.165, 1.54) is 0 Å². The van der Waals surface area contributed by atoms with Gasteiger partial charge in [-0.05, 0) is 49.9 Å². The van der Waals surface area contributed by atoms with Crippen LogP contribution in [-0.4, -0.2) is 60.3 Å². The highest BCUT2D eigenvalue weighted by Crippen LogP contribution is 2.34. The van der Waals surface area contributed by atoms with Gasteiger partial charge in [0.15, 0.2) is 17.1 Å². The van der Waals surface area contributed by atoms with Crippen molar-refractivity contribution >= 4 is 17.7 Å². The molecule has 1 N–H and O–H groups in total. The molecule has 4 rings (SSSR count). The Morgan fingerprint density at radius 1 is 1.14 bits per heavy atom. The summed E-state index contributed by atoms with van der Waals surface area (Å²) in [4.78, 5) is 28.7. The fraction of sp³-hybridized carbons (Fsp3) is 0.476. The lowest BCUT2D eigenvalue weighted by Crippen LogP contribution is -2.44. The number of benzene rings is 1. The Bertz CT molecular complexity index is 886. The van der Waals surface area contributed by atoms with Crippen molar-refractivity contribution in [2.24, 2.45) is 5.92 Å². The number of anilines is 1. The minimum Gasteiger partial charge on any atom is -0.497 e. The van der Waals surface area contributed by atoms with E-state index in [4.69, 9.17) is 9.26 Å². The average molecular weight is 399 g/mol. The first-order valence-electron chi connectivity index (χ1n) is 9.99. The maximum atomic E-state index is 12.8. The second-order valence-electron chi connectivity index (χ2n) is 7.56. The van der Waals surface area contributed by atoms with Gasteiger partial charge in [-0.2, -0.15) is 0 Å². The normalized spacial score (nSPS) is 19.4. The number of rotatable bonds is 5. The third-order valence-corrected chi connectivity index (χ3v) is 5.73. The van der Waals surface area contributed by atoms with Crippen molar-refractivity contribution in [2.45, 2.75) is 25.7 Å². The Labute approximate surface area is 169 Å². The van der Waals surface area contributed by atoms with Crippen molar-refractivity contribution in [2.75, 3.05) is 38.2 Å². The SMILES string of the molecule is COc1ccc(-c2onc(N3CCCC(C(=O)N4CCCC4)C3)c2C(=O)O)cc1. The molecule has 2 aromatic rings. The lowest BCUT2D eigenvalue weighted by atomic mass is 9.96. The molecule has 0 bridgehead atoms. The summed E-state index contributed by atoms with van der Waals surface area (Å²) in [6.07, 6.45) is 3.74. The topological polar surface area (TPSA) is 96.1 Å². The van der Waals surface area contributed by atoms with Gasteiger partial charge in [0.25, 0.3) is 0 Å². The van der Waals surface area contributed by atoms with Crippen LogP contribution in [0.15, 0.2) is 28.8 Å². The second kappa shape index (κ2) is 8.14. The molecule has 2 saturated heterocycles. The molecule has 0 saturated carbocycles. The summed E-state index contributed by atoms with van der Waals surface area (Å²) in [5.41, 5.74) is 0.646. The number of carbonyl (C=O) groups excluding carboxylic acids is 1. The fourth-order valence-electron chi connectivity index (χ4n) is 4.20. The Morgan fingerprint density at radius 2 is 1.86 bits per heavy atom. The maximum Gasteiger partial charge on any atom is 0.343 e. The molecule has 154 valence electrons. The van der Waals surface area contributed by atoms with E-state index < -0.39 is 5.97 Å². The molecule has 0 radical (unpaired) electrons. The predicted octanol–water partition coefficient (Wildman–Crippen LogP) is 2.89. The Balaban J connectivity index is 1.59. The number of methoxy groups -OCH3 is 1. The van der Waals surface area contributed by atoms with Crippen LogP contribution >= 0.6 is 0 Å². The predicted molar refractivity (Wildman–Crippen MR) is 106 cm³/mol. The molecule has 2 fully saturated rings. The highest BCUT2D eigenvalue weighted by Gasteiger charge is 2.34. The Hall–Kier alpha value is -3.03. The van der Waals surface area contributed by atoms with Crippen molar-refractivity contribution < 1.29 is 24.0 Å². The summed E-state index contributed by atoms with van der Waals surface area (Å²) < 4.78 is 10.6. The Morgan fingerprint density at radius 3 is 2.52 bits per heavy atom. The summed E-state index contributed by atoms with van der Waals surface area (Å²) in [5.74, 6) is 0.114. The minimum absolute atomic E-state index is 0.0319. The van der Waals surface area contributed by atoms with Gasteiger partial charge in [0, 0.05) is 31.7 Å². The molecule has 1 atom stereocenters. The van der Waals surface area contributed by atoms with Crippen LogP contribution in [0.4, 0.5) is 5.82 Å². The summed E-state index contributed by atoms with van der Waals surface area (Å²) in [7, 11) is 1.57. The van der Waals surface area contributed by atoms with Crippen LogP contribution in [0.5, 0.6) is 5.75 Å². The first-order chi connectivity index (χ1) is 14.1. The quantitative estimate of drug-likeness (QED) is 0.826. The molecular weight excluding hydrogens is 374 g/mol. The number of carboxylic acids is 1. The lowest BCUT2D eigenvalue weighted by Gasteiger charge is -2.34. The summed E-state index contributed by atoms with van der Waals surface area (Å²) >= 11 is 0. The molecule has 8 heteroatoms.